The van der Waals surface area contributed by atoms with Gasteiger partial charge in [-0.25, -0.2) is 4.79 Å². The third-order valence-electron chi connectivity index (χ3n) is 1.89. The zero-order chi connectivity index (χ0) is 11.3. The van der Waals surface area contributed by atoms with Gasteiger partial charge in [-0.15, -0.1) is 5.06 Å². The molecule has 0 radical (unpaired) electrons. The van der Waals surface area contributed by atoms with Crippen LogP contribution in [-0.2, 0) is 19.2 Å². The van der Waals surface area contributed by atoms with Gasteiger partial charge in [-0.1, -0.05) is 6.58 Å². The molecule has 0 aromatic rings. The number of rotatable bonds is 5. The Hall–Kier alpha value is -1.85. The summed E-state index contributed by atoms with van der Waals surface area (Å²) in [4.78, 5) is 37.0. The quantitative estimate of drug-likeness (QED) is 0.295. The molecule has 0 aromatic carbocycles. The Morgan fingerprint density at radius 1 is 1.60 bits per heavy atom. The molecule has 1 saturated heterocycles. The first-order valence-electron chi connectivity index (χ1n) is 4.53. The molecular formula is C9H12N2O4. The van der Waals surface area contributed by atoms with Crippen molar-refractivity contribution in [3.63, 3.8) is 0 Å². The van der Waals surface area contributed by atoms with Gasteiger partial charge in [0.2, 0.25) is 6.41 Å². The highest BCUT2D eigenvalue weighted by Crippen LogP contribution is 2.20. The van der Waals surface area contributed by atoms with E-state index in [4.69, 9.17) is 4.84 Å². The lowest BCUT2D eigenvalue weighted by Crippen LogP contribution is -2.28. The average Bonchev–Trinajstić information content (AvgIpc) is 2.50. The van der Waals surface area contributed by atoms with E-state index in [-0.39, 0.29) is 18.9 Å². The number of carbonyl (C=O) groups is 3. The maximum Gasteiger partial charge on any atom is 0.334 e. The molecule has 0 saturated carbocycles. The smallest absolute Gasteiger partial charge is 0.334 e. The van der Waals surface area contributed by atoms with Crippen molar-refractivity contribution >= 4 is 18.3 Å². The molecule has 2 amide bonds. The molecule has 0 aromatic heterocycles. The molecule has 82 valence electrons. The minimum Gasteiger partial charge on any atom is -0.358 e. The summed E-state index contributed by atoms with van der Waals surface area (Å²) in [6.07, 6.45) is 1.35. The lowest BCUT2D eigenvalue weighted by molar-refractivity contribution is -0.186. The Morgan fingerprint density at radius 2 is 2.33 bits per heavy atom. The number of hydroxylamine groups is 2. The SMILES string of the molecule is C=C1CCC(=O)N1OC(=O)CC[15NH][13CH]=O. The highest BCUT2D eigenvalue weighted by atomic mass is 16.7. The number of carbonyl (C=O) groups excluding carboxylic acids is 3. The molecule has 0 bridgehead atoms. The van der Waals surface area contributed by atoms with Crippen LogP contribution in [0.3, 0.4) is 0 Å². The number of allylic oxidation sites excluding steroid dienone is 1. The number of nitrogens with one attached hydrogen (secondary N) is 1. The number of hydrogen-bond donors (Lipinski definition) is 1. The van der Waals surface area contributed by atoms with Gasteiger partial charge >= 0.3 is 5.97 Å². The summed E-state index contributed by atoms with van der Waals surface area (Å²) in [6.45, 7) is 3.78. The molecular weight excluding hydrogens is 202 g/mol. The normalized spacial score (nSPS) is 15.3. The Kier molecular flexibility index (Phi) is 3.84. The predicted molar refractivity (Wildman–Crippen MR) is 50.0 cm³/mol. The van der Waals surface area contributed by atoms with Crippen molar-refractivity contribution in [3.05, 3.63) is 12.3 Å². The van der Waals surface area contributed by atoms with Gasteiger partial charge in [-0.05, 0) is 6.42 Å². The van der Waals surface area contributed by atoms with Gasteiger partial charge in [0.15, 0.2) is 0 Å². The Morgan fingerprint density at radius 3 is 2.87 bits per heavy atom. The monoisotopic (exact) mass is 214 g/mol. The molecule has 0 aliphatic carbocycles. The largest absolute Gasteiger partial charge is 0.358 e. The maximum atomic E-state index is 11.2. The molecule has 1 fully saturated rings. The number of nitrogens with zero attached hydrogens (tertiary/aromatic N) is 1. The van der Waals surface area contributed by atoms with E-state index >= 15 is 0 Å². The van der Waals surface area contributed by atoms with Crippen molar-refractivity contribution in [2.24, 2.45) is 0 Å². The van der Waals surface area contributed by atoms with Crippen molar-refractivity contribution in [2.75, 3.05) is 6.54 Å². The molecule has 1 aliphatic heterocycles. The minimum absolute atomic E-state index is 0.0236. The van der Waals surface area contributed by atoms with E-state index in [1.54, 1.807) is 0 Å². The van der Waals surface area contributed by atoms with Crippen molar-refractivity contribution in [1.82, 2.24) is 10.4 Å². The molecule has 6 heteroatoms. The van der Waals surface area contributed by atoms with Crippen LogP contribution in [0.4, 0.5) is 0 Å². The fourth-order valence-electron chi connectivity index (χ4n) is 1.13. The van der Waals surface area contributed by atoms with Gasteiger partial charge in [0.1, 0.15) is 0 Å². The van der Waals surface area contributed by atoms with Crippen LogP contribution in [0.2, 0.25) is 0 Å². The van der Waals surface area contributed by atoms with Crippen LogP contribution in [0.25, 0.3) is 0 Å². The zero-order valence-corrected chi connectivity index (χ0v) is 8.19. The van der Waals surface area contributed by atoms with Crippen LogP contribution < -0.4 is 5.32 Å². The van der Waals surface area contributed by atoms with E-state index in [9.17, 15) is 14.4 Å². The van der Waals surface area contributed by atoms with E-state index in [1.165, 1.54) is 0 Å². The zero-order valence-electron chi connectivity index (χ0n) is 8.19. The van der Waals surface area contributed by atoms with Crippen LogP contribution in [-0.4, -0.2) is 29.9 Å². The first-order chi connectivity index (χ1) is 7.15. The summed E-state index contributed by atoms with van der Waals surface area (Å²) in [5.41, 5.74) is 0.483. The lowest BCUT2D eigenvalue weighted by Gasteiger charge is -2.15. The molecule has 0 spiro atoms. The first-order valence-corrected chi connectivity index (χ1v) is 4.53. The fourth-order valence-corrected chi connectivity index (χ4v) is 1.13. The molecule has 1 aliphatic rings. The van der Waals surface area contributed by atoms with E-state index < -0.39 is 5.97 Å². The Bertz CT molecular complexity index is 284. The topological polar surface area (TPSA) is 75.7 Å². The van der Waals surface area contributed by atoms with E-state index in [0.717, 1.165) is 5.06 Å². The second-order valence-corrected chi connectivity index (χ2v) is 3.04. The van der Waals surface area contributed by atoms with E-state index in [2.05, 4.69) is 11.9 Å². The molecule has 6 nitrogen and oxygen atoms in total. The van der Waals surface area contributed by atoms with Gasteiger partial charge in [0.05, 0.1) is 12.1 Å². The molecule has 0 unspecified atom stereocenters. The highest BCUT2D eigenvalue weighted by Gasteiger charge is 2.27. The van der Waals surface area contributed by atoms with Crippen LogP contribution in [0.5, 0.6) is 0 Å². The summed E-state index contributed by atoms with van der Waals surface area (Å²) in [5.74, 6) is -0.836. The van der Waals surface area contributed by atoms with E-state index in [1.807, 2.05) is 0 Å². The second-order valence-electron chi connectivity index (χ2n) is 3.04. The van der Waals surface area contributed by atoms with Crippen molar-refractivity contribution in [2.45, 2.75) is 19.3 Å². The van der Waals surface area contributed by atoms with Crippen molar-refractivity contribution in [1.29, 1.82) is 0 Å². The van der Waals surface area contributed by atoms with Crippen LogP contribution in [0.15, 0.2) is 12.3 Å². The Labute approximate surface area is 86.8 Å². The molecule has 1 heterocycles. The third-order valence-corrected chi connectivity index (χ3v) is 1.89. The van der Waals surface area contributed by atoms with Crippen molar-refractivity contribution in [3.8, 4) is 0 Å². The summed E-state index contributed by atoms with van der Waals surface area (Å²) < 4.78 is 0. The molecule has 1 N–H and O–H groups in total. The van der Waals surface area contributed by atoms with E-state index in [0.29, 0.717) is 24.9 Å². The van der Waals surface area contributed by atoms with Gasteiger partial charge in [-0.2, -0.15) is 0 Å². The summed E-state index contributed by atoms with van der Waals surface area (Å²) >= 11 is 0. The van der Waals surface area contributed by atoms with Crippen LogP contribution >= 0.6 is 0 Å². The number of hydrogen-bond acceptors (Lipinski definition) is 4. The van der Waals surface area contributed by atoms with Gasteiger partial charge in [-0.3, -0.25) is 9.59 Å². The fraction of sp³-hybridized carbons (Fsp3) is 0.444. The van der Waals surface area contributed by atoms with Crippen molar-refractivity contribution < 1.29 is 19.2 Å². The van der Waals surface area contributed by atoms with Crippen LogP contribution in [0, 0.1) is 0 Å². The maximum absolute atomic E-state index is 11.2. The first kappa shape index (κ1) is 11.2. The predicted octanol–water partition coefficient (Wildman–Crippen LogP) is -0.283. The summed E-state index contributed by atoms with van der Waals surface area (Å²) in [6, 6.07) is 0. The Balaban J connectivity index is 2.33. The van der Waals surface area contributed by atoms with Gasteiger partial charge in [0.25, 0.3) is 5.91 Å². The summed E-state index contributed by atoms with van der Waals surface area (Å²) in [7, 11) is 0. The summed E-state index contributed by atoms with van der Waals surface area (Å²) in [5, 5.41) is 3.24. The third kappa shape index (κ3) is 3.08. The van der Waals surface area contributed by atoms with Gasteiger partial charge < -0.3 is 10.2 Å². The molecule has 1 rings (SSSR count). The molecule has 15 heavy (non-hydrogen) atoms. The average molecular weight is 214 g/mol. The molecule has 0 atom stereocenters. The highest BCUT2D eigenvalue weighted by molar-refractivity contribution is 5.82. The number of amides is 2. The standard InChI is InChI=1S/C9H12N2O4/c1-7-2-3-8(13)11(7)15-9(14)4-5-10-6-12/h6H,1-5H2,(H,10,12)/i6+1,10+1. The van der Waals surface area contributed by atoms with Gasteiger partial charge in [0, 0.05) is 13.0 Å². The minimum atomic E-state index is -0.569. The van der Waals surface area contributed by atoms with Crippen LogP contribution in [0.1, 0.15) is 19.3 Å². The lowest BCUT2D eigenvalue weighted by atomic mass is 10.3. The second kappa shape index (κ2) is 5.14.